The van der Waals surface area contributed by atoms with E-state index in [1.165, 1.54) is 29.9 Å². The van der Waals surface area contributed by atoms with E-state index in [0.29, 0.717) is 11.3 Å². The van der Waals surface area contributed by atoms with Crippen LogP contribution in [-0.2, 0) is 17.6 Å². The molecule has 1 aromatic carbocycles. The molecule has 1 aliphatic rings. The number of amides is 2. The summed E-state index contributed by atoms with van der Waals surface area (Å²) in [7, 11) is 0. The molecule has 0 aliphatic heterocycles. The Morgan fingerprint density at radius 3 is 2.65 bits per heavy atom. The van der Waals surface area contributed by atoms with E-state index < -0.39 is 11.8 Å². The number of hydrogen-bond acceptors (Lipinski definition) is 4. The van der Waals surface area contributed by atoms with E-state index in [9.17, 15) is 9.59 Å². The monoisotopic (exact) mass is 311 g/mol. The van der Waals surface area contributed by atoms with Crippen LogP contribution in [0.15, 0.2) is 42.7 Å². The lowest BCUT2D eigenvalue weighted by molar-refractivity contribution is -0.123. The van der Waals surface area contributed by atoms with Crippen LogP contribution in [-0.4, -0.2) is 23.4 Å². The lowest BCUT2D eigenvalue weighted by Crippen LogP contribution is -2.43. The van der Waals surface area contributed by atoms with Crippen LogP contribution in [0.5, 0.6) is 5.75 Å². The van der Waals surface area contributed by atoms with Crippen molar-refractivity contribution in [1.29, 1.82) is 0 Å². The Labute approximate surface area is 133 Å². The molecule has 6 nitrogen and oxygen atoms in total. The summed E-state index contributed by atoms with van der Waals surface area (Å²) in [5.41, 5.74) is 7.71. The predicted octanol–water partition coefficient (Wildman–Crippen LogP) is 1.41. The van der Waals surface area contributed by atoms with Gasteiger partial charge in [-0.1, -0.05) is 6.07 Å². The third kappa shape index (κ3) is 3.85. The maximum atomic E-state index is 11.8. The minimum absolute atomic E-state index is 0.157. The number of rotatable bonds is 4. The zero-order valence-corrected chi connectivity index (χ0v) is 12.5. The van der Waals surface area contributed by atoms with Crippen molar-refractivity contribution in [1.82, 2.24) is 15.8 Å². The number of aryl methyl sites for hydroxylation is 2. The Kier molecular flexibility index (Phi) is 4.52. The summed E-state index contributed by atoms with van der Waals surface area (Å²) in [6.07, 6.45) is 6.35. The Morgan fingerprint density at radius 2 is 1.83 bits per heavy atom. The van der Waals surface area contributed by atoms with Crippen molar-refractivity contribution >= 4 is 11.8 Å². The highest BCUT2D eigenvalue weighted by atomic mass is 16.5. The number of fused-ring (bicyclic) bond motifs is 1. The van der Waals surface area contributed by atoms with E-state index in [2.05, 4.69) is 15.8 Å². The molecule has 0 unspecified atom stereocenters. The normalized spacial score (nSPS) is 12.3. The van der Waals surface area contributed by atoms with Crippen molar-refractivity contribution in [2.75, 3.05) is 6.61 Å². The predicted molar refractivity (Wildman–Crippen MR) is 83.8 cm³/mol. The highest BCUT2D eigenvalue weighted by Gasteiger charge is 2.12. The molecule has 1 aromatic heterocycles. The first-order chi connectivity index (χ1) is 11.2. The molecule has 23 heavy (non-hydrogen) atoms. The van der Waals surface area contributed by atoms with E-state index in [4.69, 9.17) is 4.74 Å². The van der Waals surface area contributed by atoms with Crippen LogP contribution in [0, 0.1) is 0 Å². The summed E-state index contributed by atoms with van der Waals surface area (Å²) in [5, 5.41) is 0. The molecule has 2 aromatic rings. The van der Waals surface area contributed by atoms with E-state index in [0.717, 1.165) is 12.8 Å². The molecule has 6 heteroatoms. The Bertz CT molecular complexity index is 716. The largest absolute Gasteiger partial charge is 0.484 e. The molecule has 0 atom stereocenters. The van der Waals surface area contributed by atoms with E-state index in [-0.39, 0.29) is 6.61 Å². The van der Waals surface area contributed by atoms with Gasteiger partial charge in [0.05, 0.1) is 0 Å². The van der Waals surface area contributed by atoms with Crippen molar-refractivity contribution in [2.24, 2.45) is 0 Å². The zero-order valence-electron chi connectivity index (χ0n) is 12.5. The van der Waals surface area contributed by atoms with Crippen LogP contribution in [0.1, 0.15) is 27.9 Å². The maximum absolute atomic E-state index is 11.8. The summed E-state index contributed by atoms with van der Waals surface area (Å²) in [5.74, 6) is -0.160. The molecule has 1 aliphatic carbocycles. The molecule has 0 bridgehead atoms. The smallest absolute Gasteiger partial charge is 0.276 e. The number of benzene rings is 1. The summed E-state index contributed by atoms with van der Waals surface area (Å²) >= 11 is 0. The second kappa shape index (κ2) is 6.91. The molecule has 2 amide bonds. The number of aromatic nitrogens is 1. The van der Waals surface area contributed by atoms with Crippen LogP contribution in [0.25, 0.3) is 0 Å². The van der Waals surface area contributed by atoms with Crippen LogP contribution in [0.3, 0.4) is 0 Å². The van der Waals surface area contributed by atoms with Gasteiger partial charge in [-0.3, -0.25) is 25.4 Å². The topological polar surface area (TPSA) is 80.3 Å². The van der Waals surface area contributed by atoms with Gasteiger partial charge in [-0.15, -0.1) is 0 Å². The van der Waals surface area contributed by atoms with Crippen molar-refractivity contribution in [3.8, 4) is 5.75 Å². The van der Waals surface area contributed by atoms with Crippen molar-refractivity contribution in [2.45, 2.75) is 19.3 Å². The van der Waals surface area contributed by atoms with E-state index >= 15 is 0 Å². The lowest BCUT2D eigenvalue weighted by Gasteiger charge is -2.09. The van der Waals surface area contributed by atoms with Gasteiger partial charge < -0.3 is 4.74 Å². The van der Waals surface area contributed by atoms with Crippen molar-refractivity contribution < 1.29 is 14.3 Å². The third-order valence-corrected chi connectivity index (χ3v) is 3.70. The van der Waals surface area contributed by atoms with Crippen LogP contribution >= 0.6 is 0 Å². The quantitative estimate of drug-likeness (QED) is 0.837. The van der Waals surface area contributed by atoms with Crippen molar-refractivity contribution in [3.63, 3.8) is 0 Å². The molecule has 0 saturated heterocycles. The highest BCUT2D eigenvalue weighted by Crippen LogP contribution is 2.25. The summed E-state index contributed by atoms with van der Waals surface area (Å²) in [4.78, 5) is 27.3. The number of nitrogens with one attached hydrogen (secondary N) is 2. The summed E-state index contributed by atoms with van der Waals surface area (Å²) < 4.78 is 5.46. The van der Waals surface area contributed by atoms with Crippen LogP contribution < -0.4 is 15.6 Å². The molecule has 0 saturated carbocycles. The minimum atomic E-state index is -0.423. The van der Waals surface area contributed by atoms with Gasteiger partial charge in [0.15, 0.2) is 6.61 Å². The number of pyridine rings is 1. The molecule has 3 rings (SSSR count). The summed E-state index contributed by atoms with van der Waals surface area (Å²) in [6.45, 7) is -0.157. The fraction of sp³-hybridized carbons (Fsp3) is 0.235. The average molecular weight is 311 g/mol. The Hall–Kier alpha value is -2.89. The number of ether oxygens (including phenoxy) is 1. The maximum Gasteiger partial charge on any atom is 0.276 e. The fourth-order valence-corrected chi connectivity index (χ4v) is 2.52. The zero-order chi connectivity index (χ0) is 16.1. The number of carbonyl (C=O) groups is 2. The van der Waals surface area contributed by atoms with E-state index in [1.807, 2.05) is 18.2 Å². The van der Waals surface area contributed by atoms with Gasteiger partial charge in [-0.25, -0.2) is 0 Å². The van der Waals surface area contributed by atoms with Gasteiger partial charge in [0.2, 0.25) is 0 Å². The van der Waals surface area contributed by atoms with Gasteiger partial charge in [0.1, 0.15) is 5.75 Å². The lowest BCUT2D eigenvalue weighted by atomic mass is 10.1. The number of hydrogen-bond donors (Lipinski definition) is 2. The van der Waals surface area contributed by atoms with Crippen molar-refractivity contribution in [3.05, 3.63) is 59.4 Å². The standard InChI is InChI=1S/C17H17N3O3/c21-16(19-20-17(22)13-6-8-18-9-7-13)11-23-15-5-4-12-2-1-3-14(12)10-15/h4-10H,1-3,11H2,(H,19,21)(H,20,22). The van der Waals surface area contributed by atoms with Gasteiger partial charge in [0.25, 0.3) is 11.8 Å². The van der Waals surface area contributed by atoms with Crippen LogP contribution in [0.4, 0.5) is 0 Å². The second-order valence-electron chi connectivity index (χ2n) is 5.31. The third-order valence-electron chi connectivity index (χ3n) is 3.70. The molecule has 0 spiro atoms. The first kappa shape index (κ1) is 15.0. The molecular weight excluding hydrogens is 294 g/mol. The summed E-state index contributed by atoms with van der Waals surface area (Å²) in [6, 6.07) is 9.00. The van der Waals surface area contributed by atoms with Gasteiger partial charge in [-0.05, 0) is 54.7 Å². The average Bonchev–Trinajstić information content (AvgIpc) is 3.06. The molecule has 0 fully saturated rings. The van der Waals surface area contributed by atoms with Gasteiger partial charge in [-0.2, -0.15) is 0 Å². The SMILES string of the molecule is O=C(COc1ccc2c(c1)CCC2)NNC(=O)c1ccncc1. The Balaban J connectivity index is 1.46. The van der Waals surface area contributed by atoms with Gasteiger partial charge >= 0.3 is 0 Å². The highest BCUT2D eigenvalue weighted by molar-refractivity contribution is 5.95. The molecular formula is C17H17N3O3. The van der Waals surface area contributed by atoms with Gasteiger partial charge in [0, 0.05) is 18.0 Å². The molecule has 0 radical (unpaired) electrons. The molecule has 1 heterocycles. The second-order valence-corrected chi connectivity index (χ2v) is 5.31. The number of nitrogens with zero attached hydrogens (tertiary/aromatic N) is 1. The number of hydrazine groups is 1. The first-order valence-electron chi connectivity index (χ1n) is 7.46. The van der Waals surface area contributed by atoms with E-state index in [1.54, 1.807) is 12.1 Å². The number of carbonyl (C=O) groups excluding carboxylic acids is 2. The fourth-order valence-electron chi connectivity index (χ4n) is 2.52. The molecule has 118 valence electrons. The van der Waals surface area contributed by atoms with Crippen LogP contribution in [0.2, 0.25) is 0 Å². The first-order valence-corrected chi connectivity index (χ1v) is 7.46. The minimum Gasteiger partial charge on any atom is -0.484 e. The Morgan fingerprint density at radius 1 is 1.04 bits per heavy atom. The molecule has 2 N–H and O–H groups in total.